The van der Waals surface area contributed by atoms with Crippen LogP contribution < -0.4 is 0 Å². The molecule has 18 heavy (non-hydrogen) atoms. The van der Waals surface area contributed by atoms with Gasteiger partial charge in [0.2, 0.25) is 0 Å². The van der Waals surface area contributed by atoms with Crippen molar-refractivity contribution in [2.45, 2.75) is 19.3 Å². The predicted molar refractivity (Wildman–Crippen MR) is 71.4 cm³/mol. The molecule has 1 aliphatic rings. The molecule has 1 fully saturated rings. The molecule has 2 unspecified atom stereocenters. The third-order valence-electron chi connectivity index (χ3n) is 3.68. The number of esters is 1. The summed E-state index contributed by atoms with van der Waals surface area (Å²) in [6, 6.07) is 10.6. The maximum Gasteiger partial charge on any atom is 0.309 e. The number of hydrogen-bond donors (Lipinski definition) is 0. The van der Waals surface area contributed by atoms with E-state index in [1.165, 1.54) is 19.1 Å². The molecule has 1 aliphatic heterocycles. The molecule has 1 aromatic rings. The van der Waals surface area contributed by atoms with Crippen LogP contribution in [0.3, 0.4) is 0 Å². The van der Waals surface area contributed by atoms with E-state index in [1.807, 2.05) is 6.92 Å². The van der Waals surface area contributed by atoms with Crippen LogP contribution in [-0.2, 0) is 9.53 Å². The second-order valence-electron chi connectivity index (χ2n) is 5.08. The molecule has 0 aromatic heterocycles. The summed E-state index contributed by atoms with van der Waals surface area (Å²) in [6.07, 6.45) is 1.18. The lowest BCUT2D eigenvalue weighted by atomic mass is 9.99. The minimum atomic E-state index is -0.113. The molecule has 1 aromatic carbocycles. The monoisotopic (exact) mass is 247 g/mol. The number of hydrogen-bond acceptors (Lipinski definition) is 3. The number of benzene rings is 1. The van der Waals surface area contributed by atoms with E-state index in [2.05, 4.69) is 35.2 Å². The third kappa shape index (κ3) is 3.10. The lowest BCUT2D eigenvalue weighted by Gasteiger charge is -2.19. The largest absolute Gasteiger partial charge is 0.469 e. The molecule has 0 bridgehead atoms. The molecule has 0 saturated carbocycles. The fraction of sp³-hybridized carbons (Fsp3) is 0.533. The molecule has 3 heteroatoms. The Morgan fingerprint density at radius 2 is 2.17 bits per heavy atom. The zero-order valence-electron chi connectivity index (χ0n) is 11.1. The van der Waals surface area contributed by atoms with Crippen LogP contribution in [0.15, 0.2) is 30.3 Å². The fourth-order valence-electron chi connectivity index (χ4n) is 2.66. The van der Waals surface area contributed by atoms with Gasteiger partial charge in [-0.1, -0.05) is 37.3 Å². The first kappa shape index (κ1) is 13.1. The molecule has 2 atom stereocenters. The van der Waals surface area contributed by atoms with Gasteiger partial charge in [-0.3, -0.25) is 4.79 Å². The minimum absolute atomic E-state index is 0.0375. The van der Waals surface area contributed by atoms with Gasteiger partial charge in [-0.25, -0.2) is 0 Å². The second kappa shape index (κ2) is 6.01. The number of likely N-dealkylation sites (tertiary alicyclic amines) is 1. The molecule has 0 aliphatic carbocycles. The van der Waals surface area contributed by atoms with E-state index in [1.54, 1.807) is 0 Å². The normalized spacial score (nSPS) is 21.8. The summed E-state index contributed by atoms with van der Waals surface area (Å²) in [5.41, 5.74) is 1.41. The Morgan fingerprint density at radius 3 is 2.83 bits per heavy atom. The third-order valence-corrected chi connectivity index (χ3v) is 3.68. The van der Waals surface area contributed by atoms with Crippen LogP contribution in [0.5, 0.6) is 0 Å². The van der Waals surface area contributed by atoms with E-state index >= 15 is 0 Å². The summed E-state index contributed by atoms with van der Waals surface area (Å²) in [5, 5.41) is 0. The Bertz CT molecular complexity index is 391. The lowest BCUT2D eigenvalue weighted by Crippen LogP contribution is -2.30. The zero-order valence-corrected chi connectivity index (χ0v) is 11.1. The number of nitrogens with zero attached hydrogens (tertiary/aromatic N) is 1. The highest BCUT2D eigenvalue weighted by molar-refractivity contribution is 5.72. The standard InChI is InChI=1S/C15H21NO2/c1-12(15(17)18-2)10-16-9-8-14(11-16)13-6-4-3-5-7-13/h3-7,12,14H,8-11H2,1-2H3. The molecule has 0 spiro atoms. The van der Waals surface area contributed by atoms with Gasteiger partial charge in [-0.15, -0.1) is 0 Å². The smallest absolute Gasteiger partial charge is 0.309 e. The zero-order chi connectivity index (χ0) is 13.0. The number of methoxy groups -OCH3 is 1. The van der Waals surface area contributed by atoms with Crippen molar-refractivity contribution in [2.24, 2.45) is 5.92 Å². The summed E-state index contributed by atoms with van der Waals surface area (Å²) in [5.74, 6) is 0.457. The highest BCUT2D eigenvalue weighted by Gasteiger charge is 2.26. The summed E-state index contributed by atoms with van der Waals surface area (Å²) in [6.45, 7) is 4.85. The number of ether oxygens (including phenoxy) is 1. The molecular weight excluding hydrogens is 226 g/mol. The van der Waals surface area contributed by atoms with Gasteiger partial charge in [0.25, 0.3) is 0 Å². The molecule has 2 rings (SSSR count). The fourth-order valence-corrected chi connectivity index (χ4v) is 2.66. The maximum atomic E-state index is 11.4. The molecule has 1 saturated heterocycles. The van der Waals surface area contributed by atoms with Gasteiger partial charge in [-0.2, -0.15) is 0 Å². The average Bonchev–Trinajstić information content (AvgIpc) is 2.87. The van der Waals surface area contributed by atoms with Crippen LogP contribution in [0.25, 0.3) is 0 Å². The molecule has 3 nitrogen and oxygen atoms in total. The predicted octanol–water partition coefficient (Wildman–Crippen LogP) is 2.29. The maximum absolute atomic E-state index is 11.4. The topological polar surface area (TPSA) is 29.5 Å². The number of carbonyl (C=O) groups is 1. The molecule has 0 radical (unpaired) electrons. The van der Waals surface area contributed by atoms with Crippen molar-refractivity contribution in [3.63, 3.8) is 0 Å². The molecule has 1 heterocycles. The molecule has 98 valence electrons. The Hall–Kier alpha value is -1.35. The Morgan fingerprint density at radius 1 is 1.44 bits per heavy atom. The SMILES string of the molecule is COC(=O)C(C)CN1CCC(c2ccccc2)C1. The van der Waals surface area contributed by atoms with E-state index in [0.29, 0.717) is 5.92 Å². The highest BCUT2D eigenvalue weighted by Crippen LogP contribution is 2.27. The number of carbonyl (C=O) groups excluding carboxylic acids is 1. The summed E-state index contributed by atoms with van der Waals surface area (Å²) < 4.78 is 4.77. The van der Waals surface area contributed by atoms with Crippen LogP contribution in [0.2, 0.25) is 0 Å². The van der Waals surface area contributed by atoms with Crippen LogP contribution >= 0.6 is 0 Å². The van der Waals surface area contributed by atoms with E-state index in [0.717, 1.165) is 19.6 Å². The first-order valence-electron chi connectivity index (χ1n) is 6.56. The van der Waals surface area contributed by atoms with Crippen molar-refractivity contribution in [1.82, 2.24) is 4.90 Å². The Kier molecular flexibility index (Phi) is 4.37. The van der Waals surface area contributed by atoms with Crippen molar-refractivity contribution < 1.29 is 9.53 Å². The minimum Gasteiger partial charge on any atom is -0.469 e. The first-order chi connectivity index (χ1) is 8.70. The van der Waals surface area contributed by atoms with Gasteiger partial charge in [0, 0.05) is 13.1 Å². The highest BCUT2D eigenvalue weighted by atomic mass is 16.5. The van der Waals surface area contributed by atoms with Crippen LogP contribution in [0, 0.1) is 5.92 Å². The van der Waals surface area contributed by atoms with E-state index in [-0.39, 0.29) is 11.9 Å². The van der Waals surface area contributed by atoms with Crippen LogP contribution in [0.4, 0.5) is 0 Å². The second-order valence-corrected chi connectivity index (χ2v) is 5.08. The molecular formula is C15H21NO2. The van der Waals surface area contributed by atoms with Crippen molar-refractivity contribution in [3.05, 3.63) is 35.9 Å². The molecule has 0 N–H and O–H groups in total. The van der Waals surface area contributed by atoms with Gasteiger partial charge in [0.1, 0.15) is 0 Å². The molecule has 0 amide bonds. The van der Waals surface area contributed by atoms with Gasteiger partial charge >= 0.3 is 5.97 Å². The Balaban J connectivity index is 1.87. The van der Waals surface area contributed by atoms with Gasteiger partial charge in [0.15, 0.2) is 0 Å². The van der Waals surface area contributed by atoms with Crippen molar-refractivity contribution in [2.75, 3.05) is 26.7 Å². The summed E-state index contributed by atoms with van der Waals surface area (Å²) in [4.78, 5) is 13.8. The van der Waals surface area contributed by atoms with Crippen LogP contribution in [-0.4, -0.2) is 37.6 Å². The van der Waals surface area contributed by atoms with E-state index in [9.17, 15) is 4.79 Å². The summed E-state index contributed by atoms with van der Waals surface area (Å²) in [7, 11) is 1.45. The van der Waals surface area contributed by atoms with Crippen molar-refractivity contribution in [3.8, 4) is 0 Å². The first-order valence-corrected chi connectivity index (χ1v) is 6.56. The quantitative estimate of drug-likeness (QED) is 0.765. The van der Waals surface area contributed by atoms with Crippen molar-refractivity contribution in [1.29, 1.82) is 0 Å². The summed E-state index contributed by atoms with van der Waals surface area (Å²) >= 11 is 0. The van der Waals surface area contributed by atoms with Crippen LogP contribution in [0.1, 0.15) is 24.8 Å². The van der Waals surface area contributed by atoms with Gasteiger partial charge < -0.3 is 9.64 Å². The lowest BCUT2D eigenvalue weighted by molar-refractivity contribution is -0.145. The van der Waals surface area contributed by atoms with E-state index < -0.39 is 0 Å². The average molecular weight is 247 g/mol. The number of rotatable bonds is 4. The van der Waals surface area contributed by atoms with Gasteiger partial charge in [-0.05, 0) is 24.4 Å². The van der Waals surface area contributed by atoms with E-state index in [4.69, 9.17) is 4.74 Å². The van der Waals surface area contributed by atoms with Crippen molar-refractivity contribution >= 4 is 5.97 Å². The Labute approximate surface area is 109 Å². The van der Waals surface area contributed by atoms with Gasteiger partial charge in [0.05, 0.1) is 13.0 Å².